The molecule has 7 nitrogen and oxygen atoms in total. The van der Waals surface area contributed by atoms with Crippen LogP contribution < -0.4 is 4.74 Å². The topological polar surface area (TPSA) is 79.3 Å². The maximum Gasteiger partial charge on any atom is 0.234 e. The minimum atomic E-state index is -0.380. The first-order valence-corrected chi connectivity index (χ1v) is 19.0. The Labute approximate surface area is 304 Å². The minimum Gasteiger partial charge on any atom is -0.507 e. The molecule has 0 saturated carbocycles. The molecule has 50 heavy (non-hydrogen) atoms. The molecular weight excluding hydrogens is 692 g/mol. The Bertz CT molecular complexity index is 1730. The van der Waals surface area contributed by atoms with E-state index in [2.05, 4.69) is 58.1 Å². The van der Waals surface area contributed by atoms with Gasteiger partial charge in [0.1, 0.15) is 18.1 Å². The second-order valence-electron chi connectivity index (χ2n) is 14.3. The number of halogens is 1. The van der Waals surface area contributed by atoms with Gasteiger partial charge in [-0.3, -0.25) is 19.4 Å². The van der Waals surface area contributed by atoms with E-state index in [1.54, 1.807) is 11.0 Å². The van der Waals surface area contributed by atoms with E-state index in [-0.39, 0.29) is 47.5 Å². The van der Waals surface area contributed by atoms with Crippen molar-refractivity contribution in [1.29, 1.82) is 0 Å². The highest BCUT2D eigenvalue weighted by atomic mass is 79.9. The summed E-state index contributed by atoms with van der Waals surface area (Å²) in [4.78, 5) is 32.6. The fourth-order valence-electron chi connectivity index (χ4n) is 8.62. The molecule has 1 aliphatic carbocycles. The van der Waals surface area contributed by atoms with Gasteiger partial charge in [-0.1, -0.05) is 89.5 Å². The Hall–Kier alpha value is -3.72. The summed E-state index contributed by atoms with van der Waals surface area (Å²) < 4.78 is 13.8. The van der Waals surface area contributed by atoms with Gasteiger partial charge in [-0.05, 0) is 85.6 Å². The van der Waals surface area contributed by atoms with Crippen molar-refractivity contribution in [2.75, 3.05) is 26.3 Å². The van der Waals surface area contributed by atoms with Crippen LogP contribution >= 0.6 is 15.9 Å². The van der Waals surface area contributed by atoms with Gasteiger partial charge in [0.25, 0.3) is 0 Å². The molecule has 1 N–H and O–H groups in total. The predicted molar refractivity (Wildman–Crippen MR) is 198 cm³/mol. The highest BCUT2D eigenvalue weighted by Crippen LogP contribution is 2.51. The molecule has 3 aromatic rings. The number of likely N-dealkylation sites (tertiary alicyclic amines) is 2. The van der Waals surface area contributed by atoms with Gasteiger partial charge in [0, 0.05) is 41.6 Å². The number of nitrogens with zero attached hydrogens (tertiary/aromatic N) is 2. The summed E-state index contributed by atoms with van der Waals surface area (Å²) in [6.07, 6.45) is 7.58. The van der Waals surface area contributed by atoms with Gasteiger partial charge in [-0.2, -0.15) is 0 Å². The van der Waals surface area contributed by atoms with Crippen molar-refractivity contribution in [3.05, 3.63) is 111 Å². The van der Waals surface area contributed by atoms with Crippen LogP contribution in [0.25, 0.3) is 6.08 Å². The fraction of sp³-hybridized carbons (Fsp3) is 0.429. The Morgan fingerprint density at radius 2 is 1.70 bits per heavy atom. The normalized spacial score (nSPS) is 24.5. The first-order valence-electron chi connectivity index (χ1n) is 18.2. The van der Waals surface area contributed by atoms with Crippen molar-refractivity contribution in [2.24, 2.45) is 17.8 Å². The zero-order chi connectivity index (χ0) is 34.6. The Kier molecular flexibility index (Phi) is 10.9. The summed E-state index contributed by atoms with van der Waals surface area (Å²) in [5.74, 6) is 0.155. The van der Waals surface area contributed by atoms with Crippen LogP contribution in [-0.4, -0.2) is 65.2 Å². The van der Waals surface area contributed by atoms with Gasteiger partial charge >= 0.3 is 0 Å². The number of benzene rings is 3. The van der Waals surface area contributed by atoms with E-state index >= 15 is 0 Å². The average molecular weight is 740 g/mol. The van der Waals surface area contributed by atoms with Crippen LogP contribution in [0.5, 0.6) is 11.5 Å². The lowest BCUT2D eigenvalue weighted by molar-refractivity contribution is -0.144. The molecule has 7 rings (SSSR count). The number of piperidine rings is 1. The summed E-state index contributed by atoms with van der Waals surface area (Å²) in [5.41, 5.74) is 5.61. The van der Waals surface area contributed by atoms with Crippen molar-refractivity contribution in [1.82, 2.24) is 9.80 Å². The van der Waals surface area contributed by atoms with Gasteiger partial charge in [0.2, 0.25) is 11.8 Å². The smallest absolute Gasteiger partial charge is 0.234 e. The largest absolute Gasteiger partial charge is 0.507 e. The van der Waals surface area contributed by atoms with Crippen LogP contribution in [0.15, 0.2) is 100 Å². The van der Waals surface area contributed by atoms with E-state index in [1.807, 2.05) is 48.5 Å². The maximum absolute atomic E-state index is 14.3. The first-order chi connectivity index (χ1) is 24.4. The zero-order valence-corrected chi connectivity index (χ0v) is 30.4. The van der Waals surface area contributed by atoms with E-state index in [0.29, 0.717) is 19.6 Å². The van der Waals surface area contributed by atoms with Gasteiger partial charge in [0.15, 0.2) is 0 Å². The molecule has 3 fully saturated rings. The third kappa shape index (κ3) is 7.48. The van der Waals surface area contributed by atoms with Crippen LogP contribution in [0.1, 0.15) is 63.0 Å². The number of ether oxygens (including phenoxy) is 2. The SMILES string of the molecule is CCC/C(=C\c1cc(Br)ccc1O)CC[C@H]1OC[C@H]2C1=C(COc1ccccc1)C[C@H]1C(=O)N(C3CCN(Cc4ccccc4)CC3)C(=O)[C@H]12. The number of para-hydroxylation sites is 1. The number of fused-ring (bicyclic) bond motifs is 3. The molecular formula is C42H47BrN2O5. The molecule has 4 atom stereocenters. The van der Waals surface area contributed by atoms with E-state index in [9.17, 15) is 14.7 Å². The lowest BCUT2D eigenvalue weighted by Gasteiger charge is -2.36. The third-order valence-electron chi connectivity index (χ3n) is 11.0. The summed E-state index contributed by atoms with van der Waals surface area (Å²) in [7, 11) is 0. The second-order valence-corrected chi connectivity index (χ2v) is 15.2. The molecule has 262 valence electrons. The molecule has 3 aliphatic heterocycles. The van der Waals surface area contributed by atoms with Crippen LogP contribution in [0.3, 0.4) is 0 Å². The summed E-state index contributed by atoms with van der Waals surface area (Å²) in [6, 6.07) is 25.7. The van der Waals surface area contributed by atoms with E-state index in [1.165, 1.54) is 16.7 Å². The number of hydrogen-bond donors (Lipinski definition) is 1. The minimum absolute atomic E-state index is 0.00650. The number of rotatable bonds is 12. The van der Waals surface area contributed by atoms with Crippen molar-refractivity contribution in [3.63, 3.8) is 0 Å². The monoisotopic (exact) mass is 738 g/mol. The lowest BCUT2D eigenvalue weighted by atomic mass is 9.69. The third-order valence-corrected chi connectivity index (χ3v) is 11.5. The maximum atomic E-state index is 14.3. The second kappa shape index (κ2) is 15.7. The number of carbonyl (C=O) groups excluding carboxylic acids is 2. The van der Waals surface area contributed by atoms with Crippen LogP contribution in [0.2, 0.25) is 0 Å². The van der Waals surface area contributed by atoms with Crippen LogP contribution in [-0.2, 0) is 20.9 Å². The van der Waals surface area contributed by atoms with Crippen molar-refractivity contribution >= 4 is 33.8 Å². The molecule has 3 aromatic carbocycles. The van der Waals surface area contributed by atoms with Gasteiger partial charge in [-0.25, -0.2) is 0 Å². The van der Waals surface area contributed by atoms with Gasteiger partial charge < -0.3 is 14.6 Å². The predicted octanol–water partition coefficient (Wildman–Crippen LogP) is 8.18. The molecule has 0 aromatic heterocycles. The molecule has 0 unspecified atom stereocenters. The van der Waals surface area contributed by atoms with Crippen LogP contribution in [0, 0.1) is 17.8 Å². The Morgan fingerprint density at radius 1 is 0.960 bits per heavy atom. The number of aromatic hydroxyl groups is 1. The molecule has 2 amide bonds. The molecule has 3 heterocycles. The molecule has 4 aliphatic rings. The standard InChI is InChI=1S/C42H47BrN2O5/c1-2-9-28(22-30-23-32(43)15-16-37(30)46)14-17-38-39-31(26-49-34-12-7-4-8-13-34)24-35-40(36(39)27-50-38)42(48)45(41(35)47)33-18-20-44(21-19-33)25-29-10-5-3-6-11-29/h3-8,10-13,15-16,22-23,33,35-36,38,40,46H,2,9,14,17-21,24-27H2,1H3/b28-22+/t35-,36+,38-,40-/m1/s1. The zero-order valence-electron chi connectivity index (χ0n) is 28.8. The Morgan fingerprint density at radius 3 is 2.44 bits per heavy atom. The van der Waals surface area contributed by atoms with Gasteiger partial charge in [-0.15, -0.1) is 0 Å². The van der Waals surface area contributed by atoms with Crippen LogP contribution in [0.4, 0.5) is 0 Å². The number of phenolic OH excluding ortho intramolecular Hbond substituents is 1. The summed E-state index contributed by atoms with van der Waals surface area (Å²) >= 11 is 3.53. The highest BCUT2D eigenvalue weighted by Gasteiger charge is 2.58. The molecule has 8 heteroatoms. The number of hydrogen-bond acceptors (Lipinski definition) is 6. The van der Waals surface area contributed by atoms with Crippen molar-refractivity contribution < 1.29 is 24.2 Å². The molecule has 3 saturated heterocycles. The molecule has 0 bridgehead atoms. The average Bonchev–Trinajstić information content (AvgIpc) is 3.66. The van der Waals surface area contributed by atoms with E-state index in [4.69, 9.17) is 9.47 Å². The van der Waals surface area contributed by atoms with E-state index < -0.39 is 0 Å². The lowest BCUT2D eigenvalue weighted by Crippen LogP contribution is -2.47. The quantitative estimate of drug-likeness (QED) is 0.149. The number of amides is 2. The highest BCUT2D eigenvalue weighted by molar-refractivity contribution is 9.10. The number of allylic oxidation sites excluding steroid dienone is 1. The van der Waals surface area contributed by atoms with Crippen molar-refractivity contribution in [2.45, 2.75) is 70.6 Å². The van der Waals surface area contributed by atoms with Crippen molar-refractivity contribution in [3.8, 4) is 11.5 Å². The number of phenols is 1. The first kappa shape index (κ1) is 34.7. The summed E-state index contributed by atoms with van der Waals surface area (Å²) in [6.45, 7) is 5.61. The Balaban J connectivity index is 1.09. The molecule has 0 radical (unpaired) electrons. The summed E-state index contributed by atoms with van der Waals surface area (Å²) in [5, 5.41) is 10.5. The van der Waals surface area contributed by atoms with E-state index in [0.717, 1.165) is 79.5 Å². The number of imide groups is 1. The number of carbonyl (C=O) groups is 2. The van der Waals surface area contributed by atoms with Gasteiger partial charge in [0.05, 0.1) is 24.5 Å². The fourth-order valence-corrected chi connectivity index (χ4v) is 9.00. The molecule has 0 spiro atoms.